The molecule has 0 spiro atoms. The topological polar surface area (TPSA) is 56.5 Å². The first-order valence-corrected chi connectivity index (χ1v) is 4.88. The molecule has 0 aliphatic carbocycles. The Morgan fingerprint density at radius 1 is 1.53 bits per heavy atom. The maximum Gasteiger partial charge on any atom is 0.306 e. The Morgan fingerprint density at radius 2 is 2.27 bits per heavy atom. The third-order valence-corrected chi connectivity index (χ3v) is 2.52. The zero-order valence-corrected chi connectivity index (χ0v) is 8.70. The van der Waals surface area contributed by atoms with E-state index in [1.807, 2.05) is 0 Å². The lowest BCUT2D eigenvalue weighted by atomic mass is 10.1. The van der Waals surface area contributed by atoms with Gasteiger partial charge in [-0.1, -0.05) is 0 Å². The zero-order valence-electron chi connectivity index (χ0n) is 8.70. The Kier molecular flexibility index (Phi) is 2.34. The van der Waals surface area contributed by atoms with Gasteiger partial charge in [-0.2, -0.15) is 0 Å². The molecule has 2 rings (SSSR count). The van der Waals surface area contributed by atoms with Crippen molar-refractivity contribution in [1.82, 2.24) is 0 Å². The van der Waals surface area contributed by atoms with Crippen molar-refractivity contribution in [3.8, 4) is 0 Å². The molecule has 0 N–H and O–H groups in total. The van der Waals surface area contributed by atoms with Crippen molar-refractivity contribution in [3.63, 3.8) is 0 Å². The van der Waals surface area contributed by atoms with Crippen molar-refractivity contribution in [2.45, 2.75) is 32.8 Å². The van der Waals surface area contributed by atoms with Crippen LogP contribution in [0.4, 0.5) is 0 Å². The monoisotopic (exact) mass is 208 g/mol. The number of aryl methyl sites for hydroxylation is 1. The summed E-state index contributed by atoms with van der Waals surface area (Å²) in [5, 5.41) is 0. The van der Waals surface area contributed by atoms with Crippen molar-refractivity contribution < 1.29 is 18.7 Å². The quantitative estimate of drug-likeness (QED) is 0.552. The van der Waals surface area contributed by atoms with E-state index in [2.05, 4.69) is 0 Å². The molecule has 0 saturated carbocycles. The number of carbonyl (C=O) groups excluding carboxylic acids is 2. The smallest absolute Gasteiger partial charge is 0.306 e. The highest BCUT2D eigenvalue weighted by Gasteiger charge is 2.28. The van der Waals surface area contributed by atoms with Gasteiger partial charge in [-0.15, -0.1) is 0 Å². The second-order valence-corrected chi connectivity index (χ2v) is 3.69. The summed E-state index contributed by atoms with van der Waals surface area (Å²) >= 11 is 0. The van der Waals surface area contributed by atoms with Crippen LogP contribution in [0.25, 0.3) is 0 Å². The number of esters is 1. The Bertz CT molecular complexity index is 416. The molecule has 0 amide bonds. The van der Waals surface area contributed by atoms with Crippen LogP contribution in [0.5, 0.6) is 0 Å². The van der Waals surface area contributed by atoms with Crippen LogP contribution >= 0.6 is 0 Å². The average Bonchev–Trinajstić information content (AvgIpc) is 2.71. The average molecular weight is 208 g/mol. The molecular weight excluding hydrogens is 196 g/mol. The number of cyclic esters (lactones) is 1. The highest BCUT2D eigenvalue weighted by Crippen LogP contribution is 2.32. The number of hydrogen-bond acceptors (Lipinski definition) is 4. The van der Waals surface area contributed by atoms with Crippen LogP contribution in [0, 0.1) is 6.92 Å². The minimum atomic E-state index is -0.315. The van der Waals surface area contributed by atoms with Crippen molar-refractivity contribution in [1.29, 1.82) is 0 Å². The largest absolute Gasteiger partial charge is 0.462 e. The molecule has 4 heteroatoms. The van der Waals surface area contributed by atoms with Gasteiger partial charge in [-0.3, -0.25) is 9.59 Å². The lowest BCUT2D eigenvalue weighted by molar-refractivity contribution is -0.142. The van der Waals surface area contributed by atoms with Crippen LogP contribution in [-0.2, 0) is 9.53 Å². The minimum Gasteiger partial charge on any atom is -0.462 e. The number of rotatable bonds is 2. The lowest BCUT2D eigenvalue weighted by Crippen LogP contribution is -1.97. The highest BCUT2D eigenvalue weighted by atomic mass is 16.6. The first-order valence-electron chi connectivity index (χ1n) is 4.88. The SMILES string of the molecule is CC(=O)c1cc(C2CCC(=O)O2)oc1C. The van der Waals surface area contributed by atoms with E-state index in [4.69, 9.17) is 9.15 Å². The van der Waals surface area contributed by atoms with Gasteiger partial charge in [-0.05, 0) is 19.9 Å². The van der Waals surface area contributed by atoms with Gasteiger partial charge in [0.05, 0.1) is 5.56 Å². The summed E-state index contributed by atoms with van der Waals surface area (Å²) < 4.78 is 10.5. The molecule has 80 valence electrons. The molecule has 1 aromatic heterocycles. The number of furan rings is 1. The normalized spacial score (nSPS) is 20.4. The first-order chi connectivity index (χ1) is 7.08. The van der Waals surface area contributed by atoms with Crippen LogP contribution in [0.1, 0.15) is 47.7 Å². The van der Waals surface area contributed by atoms with Crippen molar-refractivity contribution in [2.24, 2.45) is 0 Å². The molecule has 1 atom stereocenters. The maximum atomic E-state index is 11.2. The molecular formula is C11H12O4. The van der Waals surface area contributed by atoms with E-state index in [-0.39, 0.29) is 17.9 Å². The molecule has 1 unspecified atom stereocenters. The number of ether oxygens (including phenoxy) is 1. The molecule has 0 bridgehead atoms. The van der Waals surface area contributed by atoms with E-state index in [1.165, 1.54) is 6.92 Å². The molecule has 4 nitrogen and oxygen atoms in total. The standard InChI is InChI=1S/C11H12O4/c1-6(12)8-5-10(14-7(8)2)9-3-4-11(13)15-9/h5,9H,3-4H2,1-2H3. The fourth-order valence-electron chi connectivity index (χ4n) is 1.74. The van der Waals surface area contributed by atoms with Crippen LogP contribution in [0.15, 0.2) is 10.5 Å². The summed E-state index contributed by atoms with van der Waals surface area (Å²) in [6, 6.07) is 1.67. The Hall–Kier alpha value is -1.58. The molecule has 1 saturated heterocycles. The predicted molar refractivity (Wildman–Crippen MR) is 51.5 cm³/mol. The number of Topliss-reactive ketones (excluding diaryl/α,β-unsaturated/α-hetero) is 1. The molecule has 1 aliphatic heterocycles. The zero-order chi connectivity index (χ0) is 11.0. The van der Waals surface area contributed by atoms with Gasteiger partial charge >= 0.3 is 5.97 Å². The molecule has 1 aliphatic rings. The first kappa shape index (κ1) is 9.96. The van der Waals surface area contributed by atoms with Gasteiger partial charge < -0.3 is 9.15 Å². The van der Waals surface area contributed by atoms with E-state index in [1.54, 1.807) is 13.0 Å². The summed E-state index contributed by atoms with van der Waals surface area (Å²) in [6.07, 6.45) is 0.729. The van der Waals surface area contributed by atoms with E-state index in [9.17, 15) is 9.59 Å². The minimum absolute atomic E-state index is 0.0353. The van der Waals surface area contributed by atoms with E-state index >= 15 is 0 Å². The molecule has 15 heavy (non-hydrogen) atoms. The van der Waals surface area contributed by atoms with Gasteiger partial charge in [0, 0.05) is 12.8 Å². The lowest BCUT2D eigenvalue weighted by Gasteiger charge is -2.03. The van der Waals surface area contributed by atoms with E-state index in [0.717, 1.165) is 0 Å². The fraction of sp³-hybridized carbons (Fsp3) is 0.455. The van der Waals surface area contributed by atoms with Crippen LogP contribution in [0.2, 0.25) is 0 Å². The fourth-order valence-corrected chi connectivity index (χ4v) is 1.74. The van der Waals surface area contributed by atoms with E-state index < -0.39 is 0 Å². The third kappa shape index (κ3) is 1.79. The van der Waals surface area contributed by atoms with Crippen LogP contribution in [-0.4, -0.2) is 11.8 Å². The second kappa shape index (κ2) is 3.53. The Morgan fingerprint density at radius 3 is 2.73 bits per heavy atom. The van der Waals surface area contributed by atoms with Crippen molar-refractivity contribution in [2.75, 3.05) is 0 Å². The predicted octanol–water partition coefficient (Wildman–Crippen LogP) is 2.17. The Labute approximate surface area is 87.2 Å². The maximum absolute atomic E-state index is 11.2. The third-order valence-electron chi connectivity index (χ3n) is 2.52. The number of hydrogen-bond donors (Lipinski definition) is 0. The van der Waals surface area contributed by atoms with Gasteiger partial charge in [0.15, 0.2) is 11.9 Å². The molecule has 2 heterocycles. The van der Waals surface area contributed by atoms with E-state index in [0.29, 0.717) is 29.9 Å². The highest BCUT2D eigenvalue weighted by molar-refractivity contribution is 5.95. The summed E-state index contributed by atoms with van der Waals surface area (Å²) in [4.78, 5) is 22.1. The van der Waals surface area contributed by atoms with Crippen molar-refractivity contribution in [3.05, 3.63) is 23.2 Å². The molecule has 0 radical (unpaired) electrons. The van der Waals surface area contributed by atoms with Crippen LogP contribution in [0.3, 0.4) is 0 Å². The van der Waals surface area contributed by atoms with Gasteiger partial charge in [0.1, 0.15) is 11.5 Å². The molecule has 1 fully saturated rings. The summed E-state index contributed by atoms with van der Waals surface area (Å²) in [5.74, 6) is 0.911. The summed E-state index contributed by atoms with van der Waals surface area (Å²) in [6.45, 7) is 3.22. The van der Waals surface area contributed by atoms with Gasteiger partial charge in [-0.25, -0.2) is 0 Å². The van der Waals surface area contributed by atoms with Gasteiger partial charge in [0.25, 0.3) is 0 Å². The summed E-state index contributed by atoms with van der Waals surface area (Å²) in [5.41, 5.74) is 0.563. The number of carbonyl (C=O) groups is 2. The van der Waals surface area contributed by atoms with Gasteiger partial charge in [0.2, 0.25) is 0 Å². The van der Waals surface area contributed by atoms with Crippen LogP contribution < -0.4 is 0 Å². The second-order valence-electron chi connectivity index (χ2n) is 3.69. The Balaban J connectivity index is 2.26. The molecule has 0 aromatic carbocycles. The number of ketones is 1. The molecule has 1 aromatic rings. The summed E-state index contributed by atoms with van der Waals surface area (Å²) in [7, 11) is 0. The van der Waals surface area contributed by atoms with Crippen molar-refractivity contribution >= 4 is 11.8 Å².